The standard InChI is InChI=1S/C12H13N/c1-3-11-7-6-10-5-4-9(2)8-12(10)13-11/h3-8,13H,1-2H3/b11-3+. The summed E-state index contributed by atoms with van der Waals surface area (Å²) in [7, 11) is 0. The largest absolute Gasteiger partial charge is 0.355 e. The van der Waals surface area contributed by atoms with Crippen molar-refractivity contribution >= 4 is 11.8 Å². The van der Waals surface area contributed by atoms with Crippen LogP contribution in [0, 0.1) is 6.92 Å². The van der Waals surface area contributed by atoms with E-state index in [4.69, 9.17) is 0 Å². The second kappa shape index (κ2) is 3.09. The number of benzene rings is 1. The molecule has 0 aromatic heterocycles. The molecule has 0 amide bonds. The van der Waals surface area contributed by atoms with Crippen LogP contribution in [0.15, 0.2) is 36.0 Å². The molecule has 0 fully saturated rings. The highest BCUT2D eigenvalue weighted by molar-refractivity contribution is 5.75. The van der Waals surface area contributed by atoms with Gasteiger partial charge in [0.05, 0.1) is 0 Å². The molecular formula is C12H13N. The minimum absolute atomic E-state index is 1.16. The first-order valence-electron chi connectivity index (χ1n) is 4.51. The summed E-state index contributed by atoms with van der Waals surface area (Å²) in [6, 6.07) is 6.44. The number of fused-ring (bicyclic) bond motifs is 1. The van der Waals surface area contributed by atoms with Crippen molar-refractivity contribution in [3.63, 3.8) is 0 Å². The number of allylic oxidation sites excluding steroid dienone is 2. The number of aryl methyl sites for hydroxylation is 1. The third kappa shape index (κ3) is 1.50. The van der Waals surface area contributed by atoms with Crippen LogP contribution in [0.4, 0.5) is 5.69 Å². The third-order valence-corrected chi connectivity index (χ3v) is 2.24. The van der Waals surface area contributed by atoms with Crippen LogP contribution >= 0.6 is 0 Å². The van der Waals surface area contributed by atoms with Crippen molar-refractivity contribution in [3.05, 3.63) is 47.2 Å². The Morgan fingerprint density at radius 3 is 2.85 bits per heavy atom. The normalized spacial score (nSPS) is 16.9. The lowest BCUT2D eigenvalue weighted by Crippen LogP contribution is -2.02. The topological polar surface area (TPSA) is 12.0 Å². The van der Waals surface area contributed by atoms with Crippen molar-refractivity contribution in [3.8, 4) is 0 Å². The van der Waals surface area contributed by atoms with Crippen LogP contribution in [0.1, 0.15) is 18.1 Å². The van der Waals surface area contributed by atoms with Gasteiger partial charge >= 0.3 is 0 Å². The van der Waals surface area contributed by atoms with Gasteiger partial charge < -0.3 is 5.32 Å². The summed E-state index contributed by atoms with van der Waals surface area (Å²) in [5, 5.41) is 3.36. The van der Waals surface area contributed by atoms with E-state index in [9.17, 15) is 0 Å². The van der Waals surface area contributed by atoms with Crippen LogP contribution in [0.2, 0.25) is 0 Å². The number of rotatable bonds is 0. The van der Waals surface area contributed by atoms with E-state index < -0.39 is 0 Å². The van der Waals surface area contributed by atoms with Gasteiger partial charge in [-0.15, -0.1) is 0 Å². The van der Waals surface area contributed by atoms with Crippen LogP contribution < -0.4 is 5.32 Å². The summed E-state index contributed by atoms with van der Waals surface area (Å²) < 4.78 is 0. The second-order valence-electron chi connectivity index (χ2n) is 3.29. The molecule has 1 aromatic carbocycles. The molecule has 1 heteroatoms. The lowest BCUT2D eigenvalue weighted by Gasteiger charge is -2.15. The Bertz CT molecular complexity index is 386. The Morgan fingerprint density at radius 2 is 2.08 bits per heavy atom. The molecule has 0 saturated heterocycles. The van der Waals surface area contributed by atoms with Gasteiger partial charge in [0.2, 0.25) is 0 Å². The fourth-order valence-corrected chi connectivity index (χ4v) is 1.47. The Balaban J connectivity index is 2.47. The lowest BCUT2D eigenvalue weighted by molar-refractivity contribution is 1.38. The van der Waals surface area contributed by atoms with Gasteiger partial charge in [-0.2, -0.15) is 0 Å². The quantitative estimate of drug-likeness (QED) is 0.631. The minimum atomic E-state index is 1.16. The zero-order chi connectivity index (χ0) is 9.26. The Morgan fingerprint density at radius 1 is 1.23 bits per heavy atom. The maximum Gasteiger partial charge on any atom is 0.0460 e. The first kappa shape index (κ1) is 8.11. The average molecular weight is 171 g/mol. The van der Waals surface area contributed by atoms with Gasteiger partial charge in [-0.1, -0.05) is 24.3 Å². The number of anilines is 1. The average Bonchev–Trinajstić information content (AvgIpc) is 2.16. The Kier molecular flexibility index (Phi) is 1.93. The molecule has 66 valence electrons. The van der Waals surface area contributed by atoms with Crippen molar-refractivity contribution in [2.75, 3.05) is 5.32 Å². The molecule has 0 saturated carbocycles. The van der Waals surface area contributed by atoms with Gasteiger partial charge in [0.1, 0.15) is 0 Å². The van der Waals surface area contributed by atoms with Gasteiger partial charge in [-0.05, 0) is 37.1 Å². The maximum absolute atomic E-state index is 3.36. The monoisotopic (exact) mass is 171 g/mol. The summed E-state index contributed by atoms with van der Waals surface area (Å²) in [6.45, 7) is 4.14. The number of hydrogen-bond donors (Lipinski definition) is 1. The van der Waals surface area contributed by atoms with E-state index in [1.165, 1.54) is 16.8 Å². The smallest absolute Gasteiger partial charge is 0.0460 e. The Labute approximate surface area is 78.8 Å². The molecule has 0 aliphatic carbocycles. The molecule has 1 nitrogen and oxygen atoms in total. The summed E-state index contributed by atoms with van der Waals surface area (Å²) >= 11 is 0. The molecule has 1 aliphatic heterocycles. The van der Waals surface area contributed by atoms with E-state index in [0.717, 1.165) is 5.70 Å². The molecule has 0 bridgehead atoms. The van der Waals surface area contributed by atoms with E-state index in [1.807, 2.05) is 6.92 Å². The molecule has 0 unspecified atom stereocenters. The molecule has 1 aromatic rings. The summed E-state index contributed by atoms with van der Waals surface area (Å²) in [5.74, 6) is 0. The molecule has 2 rings (SSSR count). The SMILES string of the molecule is C/C=C1\C=Cc2ccc(C)cc2N1. The van der Waals surface area contributed by atoms with Crippen LogP contribution in [0.3, 0.4) is 0 Å². The van der Waals surface area contributed by atoms with Gasteiger partial charge in [-0.25, -0.2) is 0 Å². The highest BCUT2D eigenvalue weighted by atomic mass is 14.9. The van der Waals surface area contributed by atoms with Crippen molar-refractivity contribution in [2.24, 2.45) is 0 Å². The summed E-state index contributed by atoms with van der Waals surface area (Å²) in [5.41, 5.74) is 4.92. The van der Waals surface area contributed by atoms with Gasteiger partial charge in [0, 0.05) is 11.4 Å². The van der Waals surface area contributed by atoms with Crippen LogP contribution in [0.5, 0.6) is 0 Å². The Hall–Kier alpha value is -1.50. The van der Waals surface area contributed by atoms with Gasteiger partial charge in [-0.3, -0.25) is 0 Å². The molecule has 1 heterocycles. The van der Waals surface area contributed by atoms with Crippen LogP contribution in [-0.2, 0) is 0 Å². The van der Waals surface area contributed by atoms with Crippen molar-refractivity contribution in [1.29, 1.82) is 0 Å². The fraction of sp³-hybridized carbons (Fsp3) is 0.167. The first-order chi connectivity index (χ1) is 6.29. The van der Waals surface area contributed by atoms with E-state index >= 15 is 0 Å². The van der Waals surface area contributed by atoms with Crippen LogP contribution in [-0.4, -0.2) is 0 Å². The van der Waals surface area contributed by atoms with Crippen molar-refractivity contribution in [2.45, 2.75) is 13.8 Å². The van der Waals surface area contributed by atoms with Crippen LogP contribution in [0.25, 0.3) is 6.08 Å². The minimum Gasteiger partial charge on any atom is -0.355 e. The molecule has 1 aliphatic rings. The van der Waals surface area contributed by atoms with Gasteiger partial charge in [0.15, 0.2) is 0 Å². The molecule has 0 atom stereocenters. The summed E-state index contributed by atoms with van der Waals surface area (Å²) in [4.78, 5) is 0. The van der Waals surface area contributed by atoms with Crippen molar-refractivity contribution in [1.82, 2.24) is 0 Å². The first-order valence-corrected chi connectivity index (χ1v) is 4.51. The van der Waals surface area contributed by atoms with E-state index in [-0.39, 0.29) is 0 Å². The third-order valence-electron chi connectivity index (χ3n) is 2.24. The molecule has 0 spiro atoms. The van der Waals surface area contributed by atoms with Crippen molar-refractivity contribution < 1.29 is 0 Å². The molecule has 13 heavy (non-hydrogen) atoms. The van der Waals surface area contributed by atoms with E-state index in [2.05, 4.69) is 48.7 Å². The highest BCUT2D eigenvalue weighted by Crippen LogP contribution is 2.25. The fourth-order valence-electron chi connectivity index (χ4n) is 1.47. The predicted octanol–water partition coefficient (Wildman–Crippen LogP) is 3.34. The zero-order valence-corrected chi connectivity index (χ0v) is 7.96. The van der Waals surface area contributed by atoms with Gasteiger partial charge in [0.25, 0.3) is 0 Å². The van der Waals surface area contributed by atoms with E-state index in [0.29, 0.717) is 0 Å². The molecule has 0 radical (unpaired) electrons. The zero-order valence-electron chi connectivity index (χ0n) is 7.96. The number of nitrogens with one attached hydrogen (secondary N) is 1. The number of hydrogen-bond acceptors (Lipinski definition) is 1. The predicted molar refractivity (Wildman–Crippen MR) is 57.6 cm³/mol. The second-order valence-corrected chi connectivity index (χ2v) is 3.29. The lowest BCUT2D eigenvalue weighted by atomic mass is 10.1. The maximum atomic E-state index is 3.36. The summed E-state index contributed by atoms with van der Waals surface area (Å²) in [6.07, 6.45) is 6.31. The van der Waals surface area contributed by atoms with E-state index in [1.54, 1.807) is 0 Å². The highest BCUT2D eigenvalue weighted by Gasteiger charge is 2.05. The molecule has 1 N–H and O–H groups in total. The molecular weight excluding hydrogens is 158 g/mol.